The average Bonchev–Trinajstić information content (AvgIpc) is 2.63. The van der Waals surface area contributed by atoms with Crippen molar-refractivity contribution in [3.05, 3.63) is 72.0 Å². The number of hydrogen-bond donors (Lipinski definition) is 3. The fourth-order valence-corrected chi connectivity index (χ4v) is 2.99. The van der Waals surface area contributed by atoms with Crippen LogP contribution in [0, 0.1) is 5.82 Å². The molecule has 0 radical (unpaired) electrons. The minimum atomic E-state index is -0.849. The Hall–Kier alpha value is -2.85. The summed E-state index contributed by atoms with van der Waals surface area (Å²) in [6.07, 6.45) is 0.0648. The number of rotatable bonds is 5. The van der Waals surface area contributed by atoms with Crippen LogP contribution < -0.4 is 5.32 Å². The number of phenolic OH excluding ortho intramolecular Hbond substituents is 1. The van der Waals surface area contributed by atoms with E-state index >= 15 is 0 Å². The van der Waals surface area contributed by atoms with Gasteiger partial charge in [0.15, 0.2) is 0 Å². The second-order valence-electron chi connectivity index (χ2n) is 6.27. The van der Waals surface area contributed by atoms with Crippen molar-refractivity contribution in [3.8, 4) is 28.0 Å². The first-order valence-corrected chi connectivity index (χ1v) is 8.65. The SMILES string of the molecule is CCc1cccc(-c2cccc(-c3ccc(NC(C)O)c(F)c3)c2O)c1. The lowest BCUT2D eigenvalue weighted by Gasteiger charge is -2.14. The van der Waals surface area contributed by atoms with E-state index in [0.29, 0.717) is 16.7 Å². The molecule has 4 heteroatoms. The number of halogens is 1. The Bertz CT molecular complexity index is 922. The van der Waals surface area contributed by atoms with E-state index in [4.69, 9.17) is 0 Å². The summed E-state index contributed by atoms with van der Waals surface area (Å²) in [6, 6.07) is 18.1. The van der Waals surface area contributed by atoms with E-state index in [1.165, 1.54) is 18.6 Å². The number of aryl methyl sites for hydroxylation is 1. The van der Waals surface area contributed by atoms with Crippen molar-refractivity contribution in [1.29, 1.82) is 0 Å². The monoisotopic (exact) mass is 351 g/mol. The summed E-state index contributed by atoms with van der Waals surface area (Å²) >= 11 is 0. The molecule has 0 aliphatic heterocycles. The molecule has 0 saturated heterocycles. The van der Waals surface area contributed by atoms with Crippen molar-refractivity contribution in [3.63, 3.8) is 0 Å². The lowest BCUT2D eigenvalue weighted by atomic mass is 9.96. The molecule has 0 saturated carbocycles. The largest absolute Gasteiger partial charge is 0.507 e. The number of anilines is 1. The van der Waals surface area contributed by atoms with Gasteiger partial charge in [0.2, 0.25) is 0 Å². The molecule has 0 amide bonds. The number of nitrogens with one attached hydrogen (secondary N) is 1. The molecule has 3 nitrogen and oxygen atoms in total. The van der Waals surface area contributed by atoms with Gasteiger partial charge in [-0.1, -0.05) is 55.5 Å². The Morgan fingerprint density at radius 1 is 0.962 bits per heavy atom. The molecule has 134 valence electrons. The Balaban J connectivity index is 2.03. The predicted octanol–water partition coefficient (Wildman–Crippen LogP) is 5.18. The van der Waals surface area contributed by atoms with Crippen LogP contribution in [0.4, 0.5) is 10.1 Å². The van der Waals surface area contributed by atoms with Gasteiger partial charge in [-0.2, -0.15) is 0 Å². The van der Waals surface area contributed by atoms with E-state index in [-0.39, 0.29) is 11.4 Å². The van der Waals surface area contributed by atoms with Crippen LogP contribution in [0.25, 0.3) is 22.3 Å². The van der Waals surface area contributed by atoms with Crippen LogP contribution in [0.15, 0.2) is 60.7 Å². The first kappa shape index (κ1) is 18.0. The minimum Gasteiger partial charge on any atom is -0.507 e. The summed E-state index contributed by atoms with van der Waals surface area (Å²) in [5.41, 5.74) is 4.18. The van der Waals surface area contributed by atoms with Gasteiger partial charge in [0.1, 0.15) is 17.8 Å². The van der Waals surface area contributed by atoms with E-state index in [1.807, 2.05) is 30.3 Å². The highest BCUT2D eigenvalue weighted by atomic mass is 19.1. The zero-order valence-corrected chi connectivity index (χ0v) is 14.8. The first-order chi connectivity index (χ1) is 12.5. The van der Waals surface area contributed by atoms with Gasteiger partial charge >= 0.3 is 0 Å². The van der Waals surface area contributed by atoms with Crippen molar-refractivity contribution in [2.75, 3.05) is 5.32 Å². The molecule has 26 heavy (non-hydrogen) atoms. The standard InChI is InChI=1S/C22H22FNO2/c1-3-15-6-4-7-16(12-15)18-8-5-9-19(22(18)26)17-10-11-21(20(23)13-17)24-14(2)25/h4-14,24-26H,3H2,1-2H3. The molecule has 0 fully saturated rings. The highest BCUT2D eigenvalue weighted by Gasteiger charge is 2.13. The van der Waals surface area contributed by atoms with Crippen LogP contribution in [-0.4, -0.2) is 16.4 Å². The molecule has 3 aromatic rings. The number of para-hydroxylation sites is 1. The summed E-state index contributed by atoms with van der Waals surface area (Å²) in [5, 5.41) is 22.8. The Morgan fingerprint density at radius 3 is 2.23 bits per heavy atom. The van der Waals surface area contributed by atoms with Gasteiger partial charge in [-0.05, 0) is 42.2 Å². The minimum absolute atomic E-state index is 0.122. The molecule has 0 aromatic heterocycles. The maximum atomic E-state index is 14.3. The van der Waals surface area contributed by atoms with Crippen LogP contribution in [0.2, 0.25) is 0 Å². The third kappa shape index (κ3) is 3.70. The average molecular weight is 351 g/mol. The fraction of sp³-hybridized carbons (Fsp3) is 0.182. The molecule has 0 bridgehead atoms. The highest BCUT2D eigenvalue weighted by Crippen LogP contribution is 2.39. The van der Waals surface area contributed by atoms with E-state index in [0.717, 1.165) is 12.0 Å². The summed E-state index contributed by atoms with van der Waals surface area (Å²) in [5.74, 6) is -0.363. The molecule has 3 rings (SSSR count). The van der Waals surface area contributed by atoms with Gasteiger partial charge in [0.05, 0.1) is 5.69 Å². The summed E-state index contributed by atoms with van der Waals surface area (Å²) in [7, 11) is 0. The number of hydrogen-bond acceptors (Lipinski definition) is 3. The number of phenols is 1. The quantitative estimate of drug-likeness (QED) is 0.555. The molecular formula is C22H22FNO2. The lowest BCUT2D eigenvalue weighted by Crippen LogP contribution is -2.14. The van der Waals surface area contributed by atoms with Crippen LogP contribution in [-0.2, 0) is 6.42 Å². The lowest BCUT2D eigenvalue weighted by molar-refractivity contribution is 0.224. The predicted molar refractivity (Wildman–Crippen MR) is 104 cm³/mol. The van der Waals surface area contributed by atoms with E-state index < -0.39 is 12.0 Å². The zero-order chi connectivity index (χ0) is 18.7. The van der Waals surface area contributed by atoms with Gasteiger partial charge in [-0.15, -0.1) is 0 Å². The molecular weight excluding hydrogens is 329 g/mol. The molecule has 0 spiro atoms. The molecule has 3 N–H and O–H groups in total. The molecule has 0 aliphatic rings. The molecule has 0 aliphatic carbocycles. The smallest absolute Gasteiger partial charge is 0.146 e. The van der Waals surface area contributed by atoms with Gasteiger partial charge in [0.25, 0.3) is 0 Å². The number of aliphatic hydroxyl groups excluding tert-OH is 1. The molecule has 0 heterocycles. The van der Waals surface area contributed by atoms with Gasteiger partial charge in [-0.3, -0.25) is 0 Å². The molecule has 1 unspecified atom stereocenters. The highest BCUT2D eigenvalue weighted by molar-refractivity contribution is 5.82. The van der Waals surface area contributed by atoms with E-state index in [2.05, 4.69) is 18.3 Å². The second kappa shape index (κ2) is 7.58. The van der Waals surface area contributed by atoms with Crippen molar-refractivity contribution in [1.82, 2.24) is 0 Å². The maximum absolute atomic E-state index is 14.3. The van der Waals surface area contributed by atoms with Crippen molar-refractivity contribution in [2.24, 2.45) is 0 Å². The Kier molecular flexibility index (Phi) is 5.24. The zero-order valence-electron chi connectivity index (χ0n) is 14.8. The van der Waals surface area contributed by atoms with Gasteiger partial charge in [0, 0.05) is 11.1 Å². The fourth-order valence-electron chi connectivity index (χ4n) is 2.99. The van der Waals surface area contributed by atoms with Crippen molar-refractivity contribution < 1.29 is 14.6 Å². The van der Waals surface area contributed by atoms with Gasteiger partial charge in [-0.25, -0.2) is 4.39 Å². The van der Waals surface area contributed by atoms with Gasteiger partial charge < -0.3 is 15.5 Å². The topological polar surface area (TPSA) is 52.5 Å². The Labute approximate surface area is 152 Å². The number of aromatic hydroxyl groups is 1. The van der Waals surface area contributed by atoms with E-state index in [9.17, 15) is 14.6 Å². The third-order valence-corrected chi connectivity index (χ3v) is 4.33. The summed E-state index contributed by atoms with van der Waals surface area (Å²) in [6.45, 7) is 3.61. The second-order valence-corrected chi connectivity index (χ2v) is 6.27. The summed E-state index contributed by atoms with van der Waals surface area (Å²) < 4.78 is 14.3. The van der Waals surface area contributed by atoms with Crippen molar-refractivity contribution >= 4 is 5.69 Å². The van der Waals surface area contributed by atoms with E-state index in [1.54, 1.807) is 18.2 Å². The van der Waals surface area contributed by atoms with Crippen LogP contribution in [0.3, 0.4) is 0 Å². The third-order valence-electron chi connectivity index (χ3n) is 4.33. The normalized spacial score (nSPS) is 12.0. The summed E-state index contributed by atoms with van der Waals surface area (Å²) in [4.78, 5) is 0. The van der Waals surface area contributed by atoms with Crippen LogP contribution in [0.1, 0.15) is 19.4 Å². The number of aliphatic hydroxyl groups is 1. The maximum Gasteiger partial charge on any atom is 0.146 e. The van der Waals surface area contributed by atoms with Crippen LogP contribution in [0.5, 0.6) is 5.75 Å². The molecule has 1 atom stereocenters. The molecule has 3 aromatic carbocycles. The van der Waals surface area contributed by atoms with Crippen molar-refractivity contribution in [2.45, 2.75) is 26.5 Å². The number of benzene rings is 3. The van der Waals surface area contributed by atoms with Crippen LogP contribution >= 0.6 is 0 Å². The first-order valence-electron chi connectivity index (χ1n) is 8.65. The Morgan fingerprint density at radius 2 is 1.62 bits per heavy atom.